The molecule has 1 aromatic carbocycles. The van der Waals surface area contributed by atoms with Gasteiger partial charge in [0.05, 0.1) is 25.2 Å². The standard InChI is InChI=1S/C38H54N6O5/c1-38(2,3)49-37(46)44-15-8-27(9-16-44)24-41-13-10-29(11-14-41)43-19-17-42(18-20-43)26-33-34(47-5)21-28(22-35(33)48-6)32-25-40(4)36(45)31-23-39-12-7-30(31)32/h7,12,21-23,25,27,29H,8-11,13-20,24,26H2,1-6H3. The zero-order valence-corrected chi connectivity index (χ0v) is 30.2. The van der Waals surface area contributed by atoms with Crippen LogP contribution in [0.5, 0.6) is 11.5 Å². The van der Waals surface area contributed by atoms with Gasteiger partial charge in [0, 0.05) is 89.6 Å². The fourth-order valence-electron chi connectivity index (χ4n) is 7.80. The van der Waals surface area contributed by atoms with E-state index in [1.807, 2.05) is 37.9 Å². The van der Waals surface area contributed by atoms with Crippen LogP contribution in [0.1, 0.15) is 52.0 Å². The number of carbonyl (C=O) groups excluding carboxylic acids is 1. The quantitative estimate of drug-likeness (QED) is 0.333. The van der Waals surface area contributed by atoms with Crippen molar-refractivity contribution in [1.29, 1.82) is 0 Å². The van der Waals surface area contributed by atoms with Crippen LogP contribution in [0.2, 0.25) is 0 Å². The van der Waals surface area contributed by atoms with E-state index in [-0.39, 0.29) is 11.7 Å². The van der Waals surface area contributed by atoms with Gasteiger partial charge in [-0.25, -0.2) is 4.79 Å². The first-order valence-corrected chi connectivity index (χ1v) is 17.9. The summed E-state index contributed by atoms with van der Waals surface area (Å²) >= 11 is 0. The number of ether oxygens (including phenoxy) is 3. The van der Waals surface area contributed by atoms with Crippen LogP contribution in [0, 0.1) is 5.92 Å². The molecule has 3 saturated heterocycles. The zero-order chi connectivity index (χ0) is 34.7. The van der Waals surface area contributed by atoms with E-state index in [1.165, 1.54) is 12.8 Å². The lowest BCUT2D eigenvalue weighted by molar-refractivity contribution is 0.0151. The number of carbonyl (C=O) groups is 1. The van der Waals surface area contributed by atoms with E-state index in [4.69, 9.17) is 14.2 Å². The number of nitrogens with zero attached hydrogens (tertiary/aromatic N) is 6. The van der Waals surface area contributed by atoms with Crippen LogP contribution in [0.3, 0.4) is 0 Å². The molecule has 5 heterocycles. The molecule has 3 aliphatic heterocycles. The third-order valence-electron chi connectivity index (χ3n) is 10.5. The molecule has 0 N–H and O–H groups in total. The number of benzene rings is 1. The highest BCUT2D eigenvalue weighted by molar-refractivity contribution is 5.95. The van der Waals surface area contributed by atoms with Crippen LogP contribution in [0.25, 0.3) is 21.9 Å². The summed E-state index contributed by atoms with van der Waals surface area (Å²) in [6.45, 7) is 15.7. The molecule has 0 saturated carbocycles. The summed E-state index contributed by atoms with van der Waals surface area (Å²) in [5.41, 5.74) is 2.41. The molecule has 2 aromatic heterocycles. The lowest BCUT2D eigenvalue weighted by Crippen LogP contribution is -2.53. The SMILES string of the molecule is COc1cc(-c2cn(C)c(=O)c3cnccc23)cc(OC)c1CN1CCN(C2CCN(CC3CCN(C(=O)OC(C)(C)C)CC3)CC2)CC1. The number of rotatable bonds is 8. The van der Waals surface area contributed by atoms with Crippen molar-refractivity contribution in [3.63, 3.8) is 0 Å². The lowest BCUT2D eigenvalue weighted by Gasteiger charge is -2.44. The summed E-state index contributed by atoms with van der Waals surface area (Å²) in [6, 6.07) is 6.65. The normalized spacial score (nSPS) is 19.3. The summed E-state index contributed by atoms with van der Waals surface area (Å²) in [6.07, 6.45) is 9.60. The topological polar surface area (TPSA) is 92.6 Å². The maximum atomic E-state index is 12.8. The van der Waals surface area contributed by atoms with E-state index in [0.29, 0.717) is 17.3 Å². The highest BCUT2D eigenvalue weighted by Crippen LogP contribution is 2.38. The summed E-state index contributed by atoms with van der Waals surface area (Å²) in [4.78, 5) is 39.1. The molecule has 3 aromatic rings. The molecular formula is C38H54N6O5. The van der Waals surface area contributed by atoms with E-state index in [0.717, 1.165) is 112 Å². The van der Waals surface area contributed by atoms with Crippen molar-refractivity contribution in [3.8, 4) is 22.6 Å². The summed E-state index contributed by atoms with van der Waals surface area (Å²) in [5, 5.41) is 1.45. The van der Waals surface area contributed by atoms with E-state index in [9.17, 15) is 9.59 Å². The number of aryl methyl sites for hydroxylation is 1. The average molecular weight is 675 g/mol. The largest absolute Gasteiger partial charge is 0.496 e. The van der Waals surface area contributed by atoms with E-state index in [1.54, 1.807) is 38.2 Å². The molecule has 266 valence electrons. The van der Waals surface area contributed by atoms with Gasteiger partial charge in [0.25, 0.3) is 5.56 Å². The second-order valence-corrected chi connectivity index (χ2v) is 15.0. The molecule has 6 rings (SSSR count). The second kappa shape index (κ2) is 15.1. The highest BCUT2D eigenvalue weighted by atomic mass is 16.6. The minimum Gasteiger partial charge on any atom is -0.496 e. The summed E-state index contributed by atoms with van der Waals surface area (Å²) < 4.78 is 19.1. The maximum absolute atomic E-state index is 12.8. The van der Waals surface area contributed by atoms with Crippen LogP contribution in [-0.4, -0.2) is 120 Å². The number of piperidine rings is 2. The van der Waals surface area contributed by atoms with Crippen LogP contribution in [0.15, 0.2) is 41.6 Å². The fourth-order valence-corrected chi connectivity index (χ4v) is 7.80. The molecule has 11 nitrogen and oxygen atoms in total. The first-order chi connectivity index (χ1) is 23.5. The number of pyridine rings is 2. The summed E-state index contributed by atoms with van der Waals surface area (Å²) in [7, 11) is 5.19. The van der Waals surface area contributed by atoms with Crippen molar-refractivity contribution >= 4 is 16.9 Å². The van der Waals surface area contributed by atoms with Gasteiger partial charge >= 0.3 is 6.09 Å². The van der Waals surface area contributed by atoms with Gasteiger partial charge in [-0.15, -0.1) is 0 Å². The molecular weight excluding hydrogens is 620 g/mol. The Morgan fingerprint density at radius 3 is 2.14 bits per heavy atom. The van der Waals surface area contributed by atoms with E-state index in [2.05, 4.69) is 31.8 Å². The van der Waals surface area contributed by atoms with Gasteiger partial charge in [-0.3, -0.25) is 19.6 Å². The Labute approximate surface area is 290 Å². The molecule has 1 amide bonds. The molecule has 0 aliphatic carbocycles. The van der Waals surface area contributed by atoms with Crippen molar-refractivity contribution < 1.29 is 19.0 Å². The minimum atomic E-state index is -0.444. The number of likely N-dealkylation sites (tertiary alicyclic amines) is 2. The second-order valence-electron chi connectivity index (χ2n) is 15.0. The first-order valence-electron chi connectivity index (χ1n) is 17.9. The summed E-state index contributed by atoms with van der Waals surface area (Å²) in [5.74, 6) is 2.23. The Morgan fingerprint density at radius 2 is 1.53 bits per heavy atom. The Morgan fingerprint density at radius 1 is 0.878 bits per heavy atom. The molecule has 3 fully saturated rings. The fraction of sp³-hybridized carbons (Fsp3) is 0.605. The Kier molecular flexibility index (Phi) is 10.8. The predicted molar refractivity (Wildman–Crippen MR) is 192 cm³/mol. The van der Waals surface area contributed by atoms with E-state index < -0.39 is 5.60 Å². The van der Waals surface area contributed by atoms with Crippen molar-refractivity contribution in [2.45, 2.75) is 64.6 Å². The van der Waals surface area contributed by atoms with Gasteiger partial charge in [-0.1, -0.05) is 0 Å². The van der Waals surface area contributed by atoms with Crippen LogP contribution < -0.4 is 15.0 Å². The third kappa shape index (κ3) is 8.22. The average Bonchev–Trinajstić information content (AvgIpc) is 3.10. The van der Waals surface area contributed by atoms with Gasteiger partial charge in [-0.2, -0.15) is 0 Å². The number of fused-ring (bicyclic) bond motifs is 1. The molecule has 0 unspecified atom stereocenters. The van der Waals surface area contributed by atoms with Crippen molar-refractivity contribution in [2.75, 3.05) is 73.1 Å². The monoisotopic (exact) mass is 674 g/mol. The smallest absolute Gasteiger partial charge is 0.410 e. The van der Waals surface area contributed by atoms with Gasteiger partial charge < -0.3 is 28.6 Å². The number of hydrogen-bond donors (Lipinski definition) is 0. The Bertz CT molecular complexity index is 1640. The highest BCUT2D eigenvalue weighted by Gasteiger charge is 2.31. The first kappa shape index (κ1) is 35.2. The van der Waals surface area contributed by atoms with Gasteiger partial charge in [0.15, 0.2) is 0 Å². The predicted octanol–water partition coefficient (Wildman–Crippen LogP) is 4.85. The lowest BCUT2D eigenvalue weighted by atomic mass is 9.94. The number of piperazine rings is 1. The van der Waals surface area contributed by atoms with Crippen LogP contribution in [0.4, 0.5) is 4.79 Å². The number of amides is 1. The zero-order valence-electron chi connectivity index (χ0n) is 30.2. The maximum Gasteiger partial charge on any atom is 0.410 e. The Balaban J connectivity index is 1.01. The van der Waals surface area contributed by atoms with Crippen molar-refractivity contribution in [3.05, 3.63) is 52.7 Å². The van der Waals surface area contributed by atoms with Crippen molar-refractivity contribution in [1.82, 2.24) is 29.2 Å². The van der Waals surface area contributed by atoms with Gasteiger partial charge in [-0.05, 0) is 94.6 Å². The molecule has 0 spiro atoms. The van der Waals surface area contributed by atoms with Crippen LogP contribution >= 0.6 is 0 Å². The number of hydrogen-bond acceptors (Lipinski definition) is 9. The van der Waals surface area contributed by atoms with E-state index >= 15 is 0 Å². The molecule has 49 heavy (non-hydrogen) atoms. The number of aromatic nitrogens is 2. The molecule has 11 heteroatoms. The molecule has 0 atom stereocenters. The van der Waals surface area contributed by atoms with Crippen molar-refractivity contribution in [2.24, 2.45) is 13.0 Å². The molecule has 0 bridgehead atoms. The number of methoxy groups -OCH3 is 2. The molecule has 3 aliphatic rings. The Hall–Kier alpha value is -3.67. The van der Waals surface area contributed by atoms with Gasteiger partial charge in [0.2, 0.25) is 0 Å². The third-order valence-corrected chi connectivity index (χ3v) is 10.5. The van der Waals surface area contributed by atoms with Crippen LogP contribution in [-0.2, 0) is 18.3 Å². The van der Waals surface area contributed by atoms with Gasteiger partial charge in [0.1, 0.15) is 17.1 Å². The minimum absolute atomic E-state index is 0.0684. The molecule has 0 radical (unpaired) electrons.